The van der Waals surface area contributed by atoms with Crippen molar-refractivity contribution in [2.24, 2.45) is 0 Å². The van der Waals surface area contributed by atoms with Crippen LogP contribution in [0.25, 0.3) is 0 Å². The molecule has 2 aromatic rings. The van der Waals surface area contributed by atoms with Crippen molar-refractivity contribution in [3.63, 3.8) is 0 Å². The molecule has 0 amide bonds. The molecule has 7 heteroatoms. The molecule has 1 N–H and O–H groups in total. The van der Waals surface area contributed by atoms with Crippen LogP contribution in [0.15, 0.2) is 41.6 Å². The molecule has 25 heavy (non-hydrogen) atoms. The summed E-state index contributed by atoms with van der Waals surface area (Å²) in [6.07, 6.45) is 5.26. The monoisotopic (exact) mass is 394 g/mol. The highest BCUT2D eigenvalue weighted by molar-refractivity contribution is 8.00. The number of benzene rings is 1. The van der Waals surface area contributed by atoms with E-state index in [1.165, 1.54) is 53.9 Å². The Bertz CT molecular complexity index is 720. The number of anilines is 1. The fourth-order valence-corrected chi connectivity index (χ4v) is 4.89. The van der Waals surface area contributed by atoms with E-state index in [-0.39, 0.29) is 6.04 Å². The summed E-state index contributed by atoms with van der Waals surface area (Å²) in [5.41, 5.74) is 2.42. The van der Waals surface area contributed by atoms with Crippen LogP contribution in [0.5, 0.6) is 0 Å². The largest absolute Gasteiger partial charge is 0.300 e. The summed E-state index contributed by atoms with van der Waals surface area (Å²) in [6.45, 7) is 9.68. The third-order valence-electron chi connectivity index (χ3n) is 4.65. The van der Waals surface area contributed by atoms with Gasteiger partial charge in [-0.1, -0.05) is 36.2 Å². The van der Waals surface area contributed by atoms with Gasteiger partial charge in [0.25, 0.3) is 0 Å². The van der Waals surface area contributed by atoms with Crippen molar-refractivity contribution in [1.82, 2.24) is 14.3 Å². The summed E-state index contributed by atoms with van der Waals surface area (Å²) in [4.78, 5) is 7.72. The fraction of sp³-hybridized carbons (Fsp3) is 0.444. The molecule has 2 heterocycles. The van der Waals surface area contributed by atoms with Crippen LogP contribution in [0.1, 0.15) is 44.7 Å². The molecule has 1 aromatic carbocycles. The zero-order valence-electron chi connectivity index (χ0n) is 14.5. The first-order chi connectivity index (χ1) is 12.1. The van der Waals surface area contributed by atoms with E-state index in [0.29, 0.717) is 6.04 Å². The summed E-state index contributed by atoms with van der Waals surface area (Å²) in [5, 5.41) is 1.60. The fourth-order valence-electron chi connectivity index (χ4n) is 3.36. The number of aromatic nitrogens is 2. The molecule has 0 radical (unpaired) electrons. The molecule has 1 saturated heterocycles. The molecule has 1 aliphatic rings. The number of hydrogen-bond acceptors (Lipinski definition) is 6. The molecule has 2 atom stereocenters. The zero-order valence-corrected chi connectivity index (χ0v) is 16.9. The Hall–Kier alpha value is -1.08. The Morgan fingerprint density at radius 3 is 3.00 bits per heavy atom. The first-order valence-electron chi connectivity index (χ1n) is 8.46. The first kappa shape index (κ1) is 18.7. The van der Waals surface area contributed by atoms with Crippen molar-refractivity contribution in [3.05, 3.63) is 47.3 Å². The summed E-state index contributed by atoms with van der Waals surface area (Å²) in [5.74, 6) is 0. The van der Waals surface area contributed by atoms with E-state index in [0.717, 1.165) is 21.6 Å². The molecule has 1 aromatic heterocycles. The van der Waals surface area contributed by atoms with Gasteiger partial charge in [0.05, 0.1) is 0 Å². The van der Waals surface area contributed by atoms with Crippen LogP contribution in [0, 0.1) is 0 Å². The van der Waals surface area contributed by atoms with Crippen molar-refractivity contribution < 1.29 is 0 Å². The molecule has 0 spiro atoms. The van der Waals surface area contributed by atoms with Crippen LogP contribution in [0.3, 0.4) is 0 Å². The highest BCUT2D eigenvalue weighted by atomic mass is 35.5. The Balaban J connectivity index is 1.72. The summed E-state index contributed by atoms with van der Waals surface area (Å²) >= 11 is 9.45. The van der Waals surface area contributed by atoms with E-state index in [2.05, 4.69) is 51.5 Å². The van der Waals surface area contributed by atoms with Crippen molar-refractivity contribution in [2.45, 2.75) is 50.1 Å². The second kappa shape index (κ2) is 8.54. The second-order valence-electron chi connectivity index (χ2n) is 6.41. The molecular formula is C18H23ClN4S2. The number of piperidine rings is 1. The van der Waals surface area contributed by atoms with E-state index in [9.17, 15) is 0 Å². The minimum absolute atomic E-state index is 0.282. The lowest BCUT2D eigenvalue weighted by Crippen LogP contribution is -2.41. The van der Waals surface area contributed by atoms with Gasteiger partial charge in [0.1, 0.15) is 6.33 Å². The predicted octanol–water partition coefficient (Wildman–Crippen LogP) is 5.80. The number of nitrogens with zero attached hydrogens (tertiary/aromatic N) is 3. The first-order valence-corrected chi connectivity index (χ1v) is 10.4. The van der Waals surface area contributed by atoms with Gasteiger partial charge in [-0.25, -0.2) is 4.98 Å². The summed E-state index contributed by atoms with van der Waals surface area (Å²) in [6, 6.07) is 7.00. The Labute approximate surface area is 163 Å². The molecule has 134 valence electrons. The number of halogens is 1. The van der Waals surface area contributed by atoms with Crippen molar-refractivity contribution in [1.29, 1.82) is 0 Å². The predicted molar refractivity (Wildman–Crippen MR) is 108 cm³/mol. The van der Waals surface area contributed by atoms with E-state index in [4.69, 9.17) is 11.6 Å². The molecule has 0 bridgehead atoms. The molecule has 3 rings (SSSR count). The summed E-state index contributed by atoms with van der Waals surface area (Å²) in [7, 11) is 0. The van der Waals surface area contributed by atoms with Gasteiger partial charge in [-0.3, -0.25) is 4.90 Å². The normalized spacial score (nSPS) is 19.6. The third kappa shape index (κ3) is 4.56. The van der Waals surface area contributed by atoms with Crippen molar-refractivity contribution >= 4 is 40.2 Å². The average Bonchev–Trinajstić information content (AvgIpc) is 3.13. The molecular weight excluding hydrogens is 372 g/mol. The highest BCUT2D eigenvalue weighted by Gasteiger charge is 2.28. The molecule has 1 aliphatic heterocycles. The van der Waals surface area contributed by atoms with Gasteiger partial charge < -0.3 is 4.72 Å². The van der Waals surface area contributed by atoms with Crippen LogP contribution in [-0.2, 0) is 0 Å². The van der Waals surface area contributed by atoms with Crippen molar-refractivity contribution in [3.8, 4) is 0 Å². The van der Waals surface area contributed by atoms with E-state index < -0.39 is 0 Å². The van der Waals surface area contributed by atoms with Gasteiger partial charge in [0.15, 0.2) is 0 Å². The maximum absolute atomic E-state index is 6.62. The number of likely N-dealkylation sites (tertiary alicyclic amines) is 1. The molecule has 0 unspecified atom stereocenters. The van der Waals surface area contributed by atoms with Crippen LogP contribution in [-0.4, -0.2) is 26.8 Å². The lowest BCUT2D eigenvalue weighted by atomic mass is 9.93. The molecule has 0 saturated carbocycles. The van der Waals surface area contributed by atoms with Gasteiger partial charge in [0, 0.05) is 33.5 Å². The summed E-state index contributed by atoms with van der Waals surface area (Å²) < 4.78 is 7.16. The third-order valence-corrected chi connectivity index (χ3v) is 6.47. The number of nitrogens with one attached hydrogen (secondary N) is 1. The maximum Gasteiger partial charge on any atom is 0.212 e. The van der Waals surface area contributed by atoms with Gasteiger partial charge in [-0.05, 0) is 62.9 Å². The van der Waals surface area contributed by atoms with Gasteiger partial charge in [0.2, 0.25) is 5.13 Å². The highest BCUT2D eigenvalue weighted by Crippen LogP contribution is 2.36. The van der Waals surface area contributed by atoms with Gasteiger partial charge in [-0.2, -0.15) is 4.37 Å². The smallest absolute Gasteiger partial charge is 0.212 e. The number of hydrogen-bond donors (Lipinski definition) is 1. The molecule has 1 fully saturated rings. The Morgan fingerprint density at radius 2 is 2.32 bits per heavy atom. The Morgan fingerprint density at radius 1 is 1.48 bits per heavy atom. The van der Waals surface area contributed by atoms with Crippen LogP contribution in [0.2, 0.25) is 5.02 Å². The molecule has 0 aliphatic carbocycles. The van der Waals surface area contributed by atoms with E-state index in [1.807, 2.05) is 6.07 Å². The van der Waals surface area contributed by atoms with E-state index in [1.54, 1.807) is 6.33 Å². The van der Waals surface area contributed by atoms with Gasteiger partial charge in [-0.15, -0.1) is 0 Å². The quantitative estimate of drug-likeness (QED) is 0.495. The zero-order chi connectivity index (χ0) is 17.8. The minimum atomic E-state index is 0.282. The van der Waals surface area contributed by atoms with Crippen LogP contribution < -0.4 is 4.72 Å². The SMILES string of the molecule is C=C(C)[C@H]1CCCCN1[C@H](C)c1ccc(SNc2ncns2)cc1Cl. The Kier molecular flexibility index (Phi) is 6.39. The average molecular weight is 395 g/mol. The second-order valence-corrected chi connectivity index (χ2v) is 8.47. The standard InChI is InChI=1S/C18H23ClN4S2/c1-12(2)17-6-4-5-9-23(17)13(3)15-8-7-14(10-16(15)19)24-22-18-20-11-21-25-18/h7-8,10-11,13,17H,1,4-6,9H2,2-3H3,(H,20,21,22)/t13-,17-/m1/s1. The van der Waals surface area contributed by atoms with Crippen LogP contribution >= 0.6 is 35.1 Å². The molecule has 4 nitrogen and oxygen atoms in total. The number of rotatable bonds is 6. The topological polar surface area (TPSA) is 41.0 Å². The van der Waals surface area contributed by atoms with Crippen LogP contribution in [0.4, 0.5) is 5.13 Å². The minimum Gasteiger partial charge on any atom is -0.300 e. The van der Waals surface area contributed by atoms with E-state index >= 15 is 0 Å². The maximum atomic E-state index is 6.62. The lowest BCUT2D eigenvalue weighted by Gasteiger charge is -2.40. The van der Waals surface area contributed by atoms with Gasteiger partial charge >= 0.3 is 0 Å². The van der Waals surface area contributed by atoms with Crippen molar-refractivity contribution in [2.75, 3.05) is 11.3 Å². The lowest BCUT2D eigenvalue weighted by molar-refractivity contribution is 0.124.